The molecule has 0 aliphatic heterocycles. The maximum absolute atomic E-state index is 13.6. The van der Waals surface area contributed by atoms with Gasteiger partial charge in [-0.2, -0.15) is 0 Å². The van der Waals surface area contributed by atoms with Crippen molar-refractivity contribution >= 4 is 17.7 Å². The SMILES string of the molecule is O=C([O-])CCC/C=C\CC1[C@@H](/C=C/[C@@H](O)CSc2ccccc2F)[C@H](O)C[C@@H]1O. The highest BCUT2D eigenvalue weighted by atomic mass is 32.2. The number of carbonyl (C=O) groups is 1. The molecule has 7 heteroatoms. The first kappa shape index (κ1) is 23.6. The van der Waals surface area contributed by atoms with E-state index in [-0.39, 0.29) is 36.2 Å². The molecule has 1 fully saturated rings. The molecule has 1 aliphatic carbocycles. The molecule has 0 spiro atoms. The summed E-state index contributed by atoms with van der Waals surface area (Å²) in [6, 6.07) is 6.38. The molecule has 1 aliphatic rings. The highest BCUT2D eigenvalue weighted by Crippen LogP contribution is 2.36. The van der Waals surface area contributed by atoms with Crippen LogP contribution in [0.3, 0.4) is 0 Å². The second-order valence-electron chi connectivity index (χ2n) is 7.28. The maximum atomic E-state index is 13.6. The van der Waals surface area contributed by atoms with E-state index in [9.17, 15) is 29.6 Å². The molecule has 0 radical (unpaired) electrons. The molecule has 1 saturated carbocycles. The van der Waals surface area contributed by atoms with Gasteiger partial charge in [0.2, 0.25) is 0 Å². The molecule has 160 valence electrons. The van der Waals surface area contributed by atoms with Crippen LogP contribution in [-0.2, 0) is 4.79 Å². The Bertz CT molecular complexity index is 708. The summed E-state index contributed by atoms with van der Waals surface area (Å²) in [6.45, 7) is 0. The Morgan fingerprint density at radius 1 is 1.28 bits per heavy atom. The predicted octanol–water partition coefficient (Wildman–Crippen LogP) is 2.06. The van der Waals surface area contributed by atoms with E-state index < -0.39 is 24.3 Å². The Kier molecular flexibility index (Phi) is 9.87. The first-order valence-electron chi connectivity index (χ1n) is 9.83. The van der Waals surface area contributed by atoms with E-state index >= 15 is 0 Å². The lowest BCUT2D eigenvalue weighted by molar-refractivity contribution is -0.305. The van der Waals surface area contributed by atoms with Gasteiger partial charge in [-0.3, -0.25) is 0 Å². The lowest BCUT2D eigenvalue weighted by Crippen LogP contribution is -2.21. The van der Waals surface area contributed by atoms with Gasteiger partial charge >= 0.3 is 0 Å². The summed E-state index contributed by atoms with van der Waals surface area (Å²) in [6.07, 6.45) is 6.94. The van der Waals surface area contributed by atoms with Crippen molar-refractivity contribution in [3.8, 4) is 0 Å². The van der Waals surface area contributed by atoms with Crippen LogP contribution in [0.5, 0.6) is 0 Å². The second-order valence-corrected chi connectivity index (χ2v) is 8.34. The van der Waals surface area contributed by atoms with Crippen LogP contribution in [0.1, 0.15) is 32.1 Å². The van der Waals surface area contributed by atoms with Crippen molar-refractivity contribution in [1.82, 2.24) is 0 Å². The third-order valence-corrected chi connectivity index (χ3v) is 6.19. The van der Waals surface area contributed by atoms with E-state index in [0.717, 1.165) is 0 Å². The number of carbonyl (C=O) groups excluding carboxylic acids is 1. The topological polar surface area (TPSA) is 101 Å². The number of halogens is 1. The third kappa shape index (κ3) is 7.93. The van der Waals surface area contributed by atoms with Crippen molar-refractivity contribution in [2.75, 3.05) is 5.75 Å². The zero-order chi connectivity index (χ0) is 21.2. The number of rotatable bonds is 11. The zero-order valence-corrected chi connectivity index (χ0v) is 17.0. The molecular formula is C22H28FO5S-. The standard InChI is InChI=1S/C22H29FO5S/c23-18-8-5-6-9-21(18)29-14-15(24)11-12-17-16(19(25)13-20(17)26)7-3-1-2-4-10-22(27)28/h1,3,5-6,8-9,11-12,15-17,19-20,24-26H,2,4,7,10,13-14H2,(H,27,28)/p-1/b3-1-,12-11+/t15-,16?,17-,19+,20-/m1/s1. The maximum Gasteiger partial charge on any atom is 0.136 e. The highest BCUT2D eigenvalue weighted by molar-refractivity contribution is 7.99. The fraction of sp³-hybridized carbons (Fsp3) is 0.500. The number of allylic oxidation sites excluding steroid dienone is 2. The molecule has 2 rings (SSSR count). The molecule has 5 atom stereocenters. The fourth-order valence-corrected chi connectivity index (χ4v) is 4.33. The van der Waals surface area contributed by atoms with Gasteiger partial charge in [0.15, 0.2) is 0 Å². The minimum atomic E-state index is -1.07. The number of carboxylic acids is 1. The highest BCUT2D eigenvalue weighted by Gasteiger charge is 2.39. The van der Waals surface area contributed by atoms with Crippen LogP contribution < -0.4 is 5.11 Å². The van der Waals surface area contributed by atoms with E-state index in [4.69, 9.17) is 0 Å². The molecular weight excluding hydrogens is 395 g/mol. The number of benzene rings is 1. The van der Waals surface area contributed by atoms with Gasteiger partial charge in [-0.05, 0) is 43.7 Å². The Morgan fingerprint density at radius 2 is 2.03 bits per heavy atom. The van der Waals surface area contributed by atoms with E-state index in [2.05, 4.69) is 0 Å². The van der Waals surface area contributed by atoms with Gasteiger partial charge in [0.05, 0.1) is 18.3 Å². The summed E-state index contributed by atoms with van der Waals surface area (Å²) in [4.78, 5) is 10.9. The van der Waals surface area contributed by atoms with E-state index in [1.54, 1.807) is 30.4 Å². The Labute approximate surface area is 175 Å². The number of thioether (sulfide) groups is 1. The largest absolute Gasteiger partial charge is 0.550 e. The third-order valence-electron chi connectivity index (χ3n) is 5.04. The molecule has 0 aromatic heterocycles. The van der Waals surface area contributed by atoms with E-state index in [0.29, 0.717) is 24.2 Å². The molecule has 29 heavy (non-hydrogen) atoms. The van der Waals surface area contributed by atoms with Gasteiger partial charge < -0.3 is 25.2 Å². The van der Waals surface area contributed by atoms with Crippen molar-refractivity contribution in [2.24, 2.45) is 11.8 Å². The first-order valence-corrected chi connectivity index (χ1v) is 10.8. The molecule has 1 aromatic carbocycles. The van der Waals surface area contributed by atoms with Crippen molar-refractivity contribution < 1.29 is 29.6 Å². The number of aliphatic hydroxyl groups is 3. The summed E-state index contributed by atoms with van der Waals surface area (Å²) in [7, 11) is 0. The number of aliphatic hydroxyl groups excluding tert-OH is 3. The number of hydrogen-bond acceptors (Lipinski definition) is 6. The van der Waals surface area contributed by atoms with Crippen LogP contribution in [0.15, 0.2) is 53.5 Å². The summed E-state index contributed by atoms with van der Waals surface area (Å²) in [5, 5.41) is 41.0. The summed E-state index contributed by atoms with van der Waals surface area (Å²) >= 11 is 1.22. The van der Waals surface area contributed by atoms with Gasteiger partial charge in [0.1, 0.15) is 5.82 Å². The molecule has 3 N–H and O–H groups in total. The molecule has 1 unspecified atom stereocenters. The fourth-order valence-electron chi connectivity index (χ4n) is 3.49. The smallest absolute Gasteiger partial charge is 0.136 e. The average molecular weight is 424 g/mol. The second kappa shape index (κ2) is 12.1. The minimum Gasteiger partial charge on any atom is -0.550 e. The van der Waals surface area contributed by atoms with Gasteiger partial charge in [-0.15, -0.1) is 11.8 Å². The summed E-state index contributed by atoms with van der Waals surface area (Å²) in [5.41, 5.74) is 0. The molecule has 0 amide bonds. The minimum absolute atomic E-state index is 0.0171. The van der Waals surface area contributed by atoms with Crippen molar-refractivity contribution in [1.29, 1.82) is 0 Å². The lowest BCUT2D eigenvalue weighted by Gasteiger charge is -2.19. The Morgan fingerprint density at radius 3 is 2.76 bits per heavy atom. The molecule has 0 heterocycles. The molecule has 1 aromatic rings. The first-order chi connectivity index (χ1) is 13.9. The van der Waals surface area contributed by atoms with Crippen molar-refractivity contribution in [2.45, 2.75) is 55.3 Å². The number of hydrogen-bond donors (Lipinski definition) is 3. The molecule has 0 saturated heterocycles. The van der Waals surface area contributed by atoms with Crippen LogP contribution in [-0.4, -0.2) is 45.4 Å². The van der Waals surface area contributed by atoms with Gasteiger partial charge in [-0.25, -0.2) is 4.39 Å². The quantitative estimate of drug-likeness (QED) is 0.286. The summed E-state index contributed by atoms with van der Waals surface area (Å²) < 4.78 is 13.6. The van der Waals surface area contributed by atoms with Crippen LogP contribution in [0, 0.1) is 17.7 Å². The van der Waals surface area contributed by atoms with Gasteiger partial charge in [0.25, 0.3) is 0 Å². The lowest BCUT2D eigenvalue weighted by atomic mass is 9.89. The number of unbranched alkanes of at least 4 members (excludes halogenated alkanes) is 1. The van der Waals surface area contributed by atoms with Crippen molar-refractivity contribution in [3.05, 3.63) is 54.4 Å². The van der Waals surface area contributed by atoms with Crippen LogP contribution in [0.4, 0.5) is 4.39 Å². The monoisotopic (exact) mass is 423 g/mol. The van der Waals surface area contributed by atoms with Crippen molar-refractivity contribution in [3.63, 3.8) is 0 Å². The van der Waals surface area contributed by atoms with E-state index in [1.165, 1.54) is 17.8 Å². The predicted molar refractivity (Wildman–Crippen MR) is 108 cm³/mol. The van der Waals surface area contributed by atoms with Crippen LogP contribution >= 0.6 is 11.8 Å². The van der Waals surface area contributed by atoms with Crippen LogP contribution in [0.25, 0.3) is 0 Å². The average Bonchev–Trinajstić information content (AvgIpc) is 2.94. The van der Waals surface area contributed by atoms with Crippen LogP contribution in [0.2, 0.25) is 0 Å². The van der Waals surface area contributed by atoms with E-state index in [1.807, 2.05) is 12.2 Å². The molecule has 5 nitrogen and oxygen atoms in total. The Hall–Kier alpha value is -1.67. The zero-order valence-electron chi connectivity index (χ0n) is 16.2. The van der Waals surface area contributed by atoms with Gasteiger partial charge in [0, 0.05) is 29.0 Å². The Balaban J connectivity index is 1.84. The van der Waals surface area contributed by atoms with Gasteiger partial charge in [-0.1, -0.05) is 36.4 Å². The summed E-state index contributed by atoms with van der Waals surface area (Å²) in [5.74, 6) is -1.57. The molecule has 0 bridgehead atoms. The normalized spacial score (nSPS) is 25.8. The number of carboxylic acid groups (broad SMARTS) is 1. The number of aliphatic carboxylic acids is 1.